The number of para-hydroxylation sites is 2. The molecule has 1 aromatic carbocycles. The Morgan fingerprint density at radius 3 is 2.71 bits per heavy atom. The highest BCUT2D eigenvalue weighted by molar-refractivity contribution is 5.85. The van der Waals surface area contributed by atoms with Crippen LogP contribution in [0.15, 0.2) is 24.3 Å². The van der Waals surface area contributed by atoms with Crippen LogP contribution in [-0.2, 0) is 34.3 Å². The molecule has 198 valence electrons. The van der Waals surface area contributed by atoms with E-state index in [2.05, 4.69) is 12.2 Å². The van der Waals surface area contributed by atoms with Crippen LogP contribution in [0.5, 0.6) is 0 Å². The lowest BCUT2D eigenvalue weighted by atomic mass is 10.2. The Morgan fingerprint density at radius 1 is 1.13 bits per heavy atom. The van der Waals surface area contributed by atoms with E-state index in [4.69, 9.17) is 24.7 Å². The number of aryl methyl sites for hydroxylation is 2. The number of nitrogens with one attached hydrogen (secondary N) is 1. The topological polar surface area (TPSA) is 123 Å². The summed E-state index contributed by atoms with van der Waals surface area (Å²) in [5, 5.41) is 3.39. The van der Waals surface area contributed by atoms with Crippen LogP contribution >= 0.6 is 0 Å². The first-order chi connectivity index (χ1) is 18.4. The standard InChI is InChI=1S/C26H31N9O3/c1-4-20-28-17-7-5-6-8-18(17)35(20)26-30-23(19-13-27-9-12-38-19)24-25(31-26)32(3)21(29-24)14-34-11-10-33(16(2)36)15-22(34)37/h5-8,19,27H,4,9-15H2,1-3H3. The second kappa shape index (κ2) is 9.76. The minimum Gasteiger partial charge on any atom is -0.369 e. The second-order valence-electron chi connectivity index (χ2n) is 9.69. The summed E-state index contributed by atoms with van der Waals surface area (Å²) in [6.07, 6.45) is 0.439. The van der Waals surface area contributed by atoms with Crippen LogP contribution in [0, 0.1) is 0 Å². The van der Waals surface area contributed by atoms with E-state index < -0.39 is 0 Å². The number of ether oxygens (including phenoxy) is 1. The molecule has 0 spiro atoms. The van der Waals surface area contributed by atoms with Gasteiger partial charge in [-0.1, -0.05) is 19.1 Å². The van der Waals surface area contributed by atoms with Crippen molar-refractivity contribution in [1.29, 1.82) is 0 Å². The molecule has 12 nitrogen and oxygen atoms in total. The highest BCUT2D eigenvalue weighted by Gasteiger charge is 2.29. The molecular formula is C26H31N9O3. The molecule has 2 fully saturated rings. The van der Waals surface area contributed by atoms with Gasteiger partial charge in [-0.2, -0.15) is 4.98 Å². The van der Waals surface area contributed by atoms with Crippen LogP contribution in [0.4, 0.5) is 0 Å². The quantitative estimate of drug-likeness (QED) is 0.418. The van der Waals surface area contributed by atoms with Gasteiger partial charge in [0.1, 0.15) is 29.0 Å². The van der Waals surface area contributed by atoms with Crippen molar-refractivity contribution < 1.29 is 14.3 Å². The number of fused-ring (bicyclic) bond motifs is 2. The Bertz CT molecular complexity index is 1540. The van der Waals surface area contributed by atoms with E-state index in [0.717, 1.165) is 29.8 Å². The van der Waals surface area contributed by atoms with Crippen molar-refractivity contribution in [3.8, 4) is 5.95 Å². The zero-order valence-corrected chi connectivity index (χ0v) is 21.8. The van der Waals surface area contributed by atoms with Gasteiger partial charge in [-0.15, -0.1) is 0 Å². The predicted octanol–water partition coefficient (Wildman–Crippen LogP) is 1.12. The number of rotatable bonds is 5. The monoisotopic (exact) mass is 517 g/mol. The Labute approximate surface area is 219 Å². The Hall–Kier alpha value is -3.90. The van der Waals surface area contributed by atoms with Gasteiger partial charge in [-0.05, 0) is 12.1 Å². The van der Waals surface area contributed by atoms with Crippen LogP contribution in [0.2, 0.25) is 0 Å². The van der Waals surface area contributed by atoms with E-state index in [-0.39, 0.29) is 24.5 Å². The van der Waals surface area contributed by atoms with Crippen LogP contribution < -0.4 is 5.32 Å². The van der Waals surface area contributed by atoms with E-state index in [1.54, 1.807) is 9.80 Å². The number of carbonyl (C=O) groups excluding carboxylic acids is 2. The first kappa shape index (κ1) is 24.4. The number of hydrogen-bond donors (Lipinski definition) is 1. The normalized spacial score (nSPS) is 18.6. The number of imidazole rings is 2. The van der Waals surface area contributed by atoms with Crippen molar-refractivity contribution in [2.75, 3.05) is 39.3 Å². The summed E-state index contributed by atoms with van der Waals surface area (Å²) in [5.41, 5.74) is 3.88. The summed E-state index contributed by atoms with van der Waals surface area (Å²) in [6.45, 7) is 6.91. The highest BCUT2D eigenvalue weighted by atomic mass is 16.5. The van der Waals surface area contributed by atoms with Gasteiger partial charge in [-0.25, -0.2) is 15.0 Å². The molecule has 0 radical (unpaired) electrons. The third kappa shape index (κ3) is 4.19. The van der Waals surface area contributed by atoms with E-state index in [1.165, 1.54) is 6.92 Å². The summed E-state index contributed by atoms with van der Waals surface area (Å²) in [4.78, 5) is 47.6. The molecule has 1 atom stereocenters. The van der Waals surface area contributed by atoms with Crippen LogP contribution in [0.25, 0.3) is 28.1 Å². The largest absolute Gasteiger partial charge is 0.369 e. The number of morpholine rings is 1. The lowest BCUT2D eigenvalue weighted by molar-refractivity contribution is -0.144. The molecular weight excluding hydrogens is 486 g/mol. The number of aromatic nitrogens is 6. The van der Waals surface area contributed by atoms with Gasteiger partial charge in [0.15, 0.2) is 5.65 Å². The Balaban J connectivity index is 1.46. The minimum atomic E-state index is -0.281. The molecule has 2 aliphatic heterocycles. The molecule has 1 unspecified atom stereocenters. The highest BCUT2D eigenvalue weighted by Crippen LogP contribution is 2.28. The van der Waals surface area contributed by atoms with Gasteiger partial charge in [-0.3, -0.25) is 14.2 Å². The average molecular weight is 518 g/mol. The average Bonchev–Trinajstić information content (AvgIpc) is 3.47. The van der Waals surface area contributed by atoms with Crippen molar-refractivity contribution in [2.45, 2.75) is 32.9 Å². The summed E-state index contributed by atoms with van der Waals surface area (Å²) in [7, 11) is 1.91. The molecule has 0 saturated carbocycles. The molecule has 6 rings (SSSR count). The molecule has 2 saturated heterocycles. The van der Waals surface area contributed by atoms with Crippen LogP contribution in [-0.4, -0.2) is 90.0 Å². The van der Waals surface area contributed by atoms with Crippen LogP contribution in [0.3, 0.4) is 0 Å². The number of amides is 2. The van der Waals surface area contributed by atoms with E-state index >= 15 is 0 Å². The van der Waals surface area contributed by atoms with E-state index in [0.29, 0.717) is 61.4 Å². The SMILES string of the molecule is CCc1nc2ccccc2n1-c1nc(C2CNCCO2)c2nc(CN3CCN(C(C)=O)CC3=O)n(C)c2n1. The first-order valence-corrected chi connectivity index (χ1v) is 13.0. The molecule has 1 N–H and O–H groups in total. The fourth-order valence-electron chi connectivity index (χ4n) is 5.17. The molecule has 38 heavy (non-hydrogen) atoms. The van der Waals surface area contributed by atoms with Gasteiger partial charge in [0.2, 0.25) is 17.8 Å². The van der Waals surface area contributed by atoms with Gasteiger partial charge < -0.3 is 24.4 Å². The van der Waals surface area contributed by atoms with Crippen molar-refractivity contribution in [3.05, 3.63) is 41.6 Å². The third-order valence-electron chi connectivity index (χ3n) is 7.30. The van der Waals surface area contributed by atoms with E-state index in [1.807, 2.05) is 40.4 Å². The Kier molecular flexibility index (Phi) is 6.28. The molecule has 12 heteroatoms. The maximum atomic E-state index is 12.8. The van der Waals surface area contributed by atoms with Crippen molar-refractivity contribution in [2.24, 2.45) is 7.05 Å². The van der Waals surface area contributed by atoms with E-state index in [9.17, 15) is 9.59 Å². The smallest absolute Gasteiger partial charge is 0.242 e. The summed E-state index contributed by atoms with van der Waals surface area (Å²) >= 11 is 0. The number of benzene rings is 1. The van der Waals surface area contributed by atoms with Crippen LogP contribution in [0.1, 0.15) is 37.3 Å². The Morgan fingerprint density at radius 2 is 1.97 bits per heavy atom. The first-order valence-electron chi connectivity index (χ1n) is 13.0. The molecule has 0 aliphatic carbocycles. The van der Waals surface area contributed by atoms with Crippen molar-refractivity contribution in [1.82, 2.24) is 44.2 Å². The molecule has 0 bridgehead atoms. The maximum Gasteiger partial charge on any atom is 0.242 e. The molecule has 4 aromatic rings. The molecule has 2 amide bonds. The number of piperazine rings is 1. The summed E-state index contributed by atoms with van der Waals surface area (Å²) in [5.74, 6) is 1.91. The number of nitrogens with zero attached hydrogens (tertiary/aromatic N) is 8. The van der Waals surface area contributed by atoms with Gasteiger partial charge in [0, 0.05) is 46.6 Å². The molecule has 5 heterocycles. The number of hydrogen-bond acceptors (Lipinski definition) is 8. The molecule has 2 aliphatic rings. The second-order valence-corrected chi connectivity index (χ2v) is 9.69. The van der Waals surface area contributed by atoms with Crippen molar-refractivity contribution in [3.63, 3.8) is 0 Å². The van der Waals surface area contributed by atoms with Gasteiger partial charge in [0.05, 0.1) is 30.7 Å². The summed E-state index contributed by atoms with van der Waals surface area (Å²) < 4.78 is 10.0. The predicted molar refractivity (Wildman–Crippen MR) is 140 cm³/mol. The van der Waals surface area contributed by atoms with Crippen molar-refractivity contribution >= 4 is 34.0 Å². The lowest BCUT2D eigenvalue weighted by Gasteiger charge is -2.33. The summed E-state index contributed by atoms with van der Waals surface area (Å²) in [6, 6.07) is 7.97. The lowest BCUT2D eigenvalue weighted by Crippen LogP contribution is -2.51. The number of carbonyl (C=O) groups is 2. The molecule has 3 aromatic heterocycles. The maximum absolute atomic E-state index is 12.8. The fraction of sp³-hybridized carbons (Fsp3) is 0.462. The zero-order chi connectivity index (χ0) is 26.4. The fourth-order valence-corrected chi connectivity index (χ4v) is 5.17. The zero-order valence-electron chi connectivity index (χ0n) is 21.8. The van der Waals surface area contributed by atoms with Gasteiger partial charge >= 0.3 is 0 Å². The minimum absolute atomic E-state index is 0.0869. The van der Waals surface area contributed by atoms with Gasteiger partial charge in [0.25, 0.3) is 0 Å². The third-order valence-corrected chi connectivity index (χ3v) is 7.30.